The number of imidazole rings is 1. The summed E-state index contributed by atoms with van der Waals surface area (Å²) in [5.41, 5.74) is 2.40. The van der Waals surface area contributed by atoms with Gasteiger partial charge in [0.05, 0.1) is 22.5 Å². The second-order valence-electron chi connectivity index (χ2n) is 6.89. The van der Waals surface area contributed by atoms with E-state index in [0.29, 0.717) is 26.1 Å². The van der Waals surface area contributed by atoms with Crippen LogP contribution >= 0.6 is 0 Å². The van der Waals surface area contributed by atoms with E-state index >= 15 is 0 Å². The topological polar surface area (TPSA) is 67.0 Å². The normalized spacial score (nSPS) is 17.7. The van der Waals surface area contributed by atoms with Crippen molar-refractivity contribution < 1.29 is 9.53 Å². The van der Waals surface area contributed by atoms with Gasteiger partial charge < -0.3 is 15.0 Å². The summed E-state index contributed by atoms with van der Waals surface area (Å²) in [6.45, 7) is 3.16. The largest absolute Gasteiger partial charge is 0.381 e. The first kappa shape index (κ1) is 16.8. The number of benzene rings is 2. The van der Waals surface area contributed by atoms with Crippen molar-refractivity contribution in [1.82, 2.24) is 15.3 Å². The van der Waals surface area contributed by atoms with Crippen molar-refractivity contribution >= 4 is 16.9 Å². The zero-order valence-corrected chi connectivity index (χ0v) is 14.9. The van der Waals surface area contributed by atoms with Gasteiger partial charge in [-0.25, -0.2) is 4.98 Å². The minimum absolute atomic E-state index is 0.0416. The monoisotopic (exact) mass is 349 g/mol. The molecule has 1 unspecified atom stereocenters. The van der Waals surface area contributed by atoms with Gasteiger partial charge >= 0.3 is 0 Å². The maximum Gasteiger partial charge on any atom is 0.231 e. The van der Waals surface area contributed by atoms with Crippen LogP contribution in [0.4, 0.5) is 0 Å². The average Bonchev–Trinajstić information content (AvgIpc) is 3.13. The Morgan fingerprint density at radius 1 is 1.12 bits per heavy atom. The summed E-state index contributed by atoms with van der Waals surface area (Å²) in [6.07, 6.45) is 1.38. The van der Waals surface area contributed by atoms with E-state index in [1.807, 2.05) is 61.5 Å². The number of fused-ring (bicyclic) bond motifs is 1. The number of aromatic amines is 1. The number of H-pyrrole nitrogens is 1. The number of nitrogens with one attached hydrogen (secondary N) is 2. The molecule has 1 aromatic heterocycles. The molecule has 1 atom stereocenters. The smallest absolute Gasteiger partial charge is 0.231 e. The van der Waals surface area contributed by atoms with E-state index in [1.54, 1.807) is 0 Å². The fourth-order valence-electron chi connectivity index (χ4n) is 3.70. The van der Waals surface area contributed by atoms with E-state index in [1.165, 1.54) is 0 Å². The predicted molar refractivity (Wildman–Crippen MR) is 101 cm³/mol. The Hall–Kier alpha value is -2.66. The second kappa shape index (κ2) is 6.92. The molecule has 134 valence electrons. The first-order chi connectivity index (χ1) is 12.7. The Balaban J connectivity index is 1.60. The lowest BCUT2D eigenvalue weighted by molar-refractivity contribution is -0.131. The molecule has 1 fully saturated rings. The van der Waals surface area contributed by atoms with Gasteiger partial charge in [-0.15, -0.1) is 0 Å². The summed E-state index contributed by atoms with van der Waals surface area (Å²) in [4.78, 5) is 21.2. The van der Waals surface area contributed by atoms with E-state index in [-0.39, 0.29) is 11.9 Å². The van der Waals surface area contributed by atoms with Gasteiger partial charge in [0.1, 0.15) is 5.82 Å². The van der Waals surface area contributed by atoms with Crippen LogP contribution in [0.15, 0.2) is 54.6 Å². The fraction of sp³-hybridized carbons (Fsp3) is 0.333. The third-order valence-electron chi connectivity index (χ3n) is 5.27. The highest BCUT2D eigenvalue weighted by Crippen LogP contribution is 2.35. The Morgan fingerprint density at radius 3 is 2.54 bits per heavy atom. The molecular formula is C21H23N3O2. The predicted octanol–water partition coefficient (Wildman–Crippen LogP) is 3.49. The molecule has 0 bridgehead atoms. The number of carbonyl (C=O) groups excluding carboxylic acids is 1. The molecule has 26 heavy (non-hydrogen) atoms. The van der Waals surface area contributed by atoms with Gasteiger partial charge in [0.25, 0.3) is 0 Å². The van der Waals surface area contributed by atoms with Crippen LogP contribution in [0, 0.1) is 0 Å². The Morgan fingerprint density at radius 2 is 1.81 bits per heavy atom. The van der Waals surface area contributed by atoms with E-state index < -0.39 is 5.41 Å². The van der Waals surface area contributed by atoms with E-state index in [2.05, 4.69) is 15.3 Å². The molecule has 3 aromatic rings. The van der Waals surface area contributed by atoms with Gasteiger partial charge in [0.2, 0.25) is 5.91 Å². The molecule has 0 saturated carbocycles. The van der Waals surface area contributed by atoms with Crippen molar-refractivity contribution in [1.29, 1.82) is 0 Å². The molecule has 0 spiro atoms. The van der Waals surface area contributed by atoms with Gasteiger partial charge in [-0.05, 0) is 37.5 Å². The highest BCUT2D eigenvalue weighted by Gasteiger charge is 2.42. The molecule has 4 rings (SSSR count). The number of carbonyl (C=O) groups is 1. The van der Waals surface area contributed by atoms with Crippen molar-refractivity contribution in [3.05, 3.63) is 66.0 Å². The number of aromatic nitrogens is 2. The molecule has 1 aliphatic rings. The number of rotatable bonds is 4. The minimum Gasteiger partial charge on any atom is -0.381 e. The third kappa shape index (κ3) is 2.99. The number of hydrogen-bond donors (Lipinski definition) is 2. The quantitative estimate of drug-likeness (QED) is 0.758. The van der Waals surface area contributed by atoms with Crippen LogP contribution in [0.1, 0.15) is 37.2 Å². The molecule has 0 aliphatic carbocycles. The SMILES string of the molecule is CC(NC(=O)C1(c2ccccc2)CCOCC1)c1nc2ccccc2[nH]1. The van der Waals surface area contributed by atoms with Gasteiger partial charge in [-0.3, -0.25) is 4.79 Å². The number of para-hydroxylation sites is 2. The van der Waals surface area contributed by atoms with Crippen LogP contribution in [-0.2, 0) is 14.9 Å². The first-order valence-electron chi connectivity index (χ1n) is 9.08. The second-order valence-corrected chi connectivity index (χ2v) is 6.89. The number of amides is 1. The Labute approximate surface area is 152 Å². The molecule has 1 amide bonds. The molecule has 5 heteroatoms. The summed E-state index contributed by atoms with van der Waals surface area (Å²) in [5.74, 6) is 0.815. The number of hydrogen-bond acceptors (Lipinski definition) is 3. The summed E-state index contributed by atoms with van der Waals surface area (Å²) in [7, 11) is 0. The molecular weight excluding hydrogens is 326 g/mol. The Bertz CT molecular complexity index is 865. The van der Waals surface area contributed by atoms with Gasteiger partial charge in [-0.2, -0.15) is 0 Å². The van der Waals surface area contributed by atoms with E-state index in [4.69, 9.17) is 4.74 Å². The lowest BCUT2D eigenvalue weighted by Gasteiger charge is -2.37. The molecule has 5 nitrogen and oxygen atoms in total. The van der Waals surface area contributed by atoms with Crippen molar-refractivity contribution in [2.24, 2.45) is 0 Å². The summed E-state index contributed by atoms with van der Waals surface area (Å²) in [6, 6.07) is 17.7. The average molecular weight is 349 g/mol. The standard InChI is InChI=1S/C21H23N3O2/c1-15(19-23-17-9-5-6-10-18(17)24-19)22-20(25)21(11-13-26-14-12-21)16-7-3-2-4-8-16/h2-10,15H,11-14H2,1H3,(H,22,25)(H,23,24). The molecule has 1 aliphatic heterocycles. The van der Waals surface area contributed by atoms with Gasteiger partial charge in [0, 0.05) is 13.2 Å². The van der Waals surface area contributed by atoms with Crippen LogP contribution in [0.5, 0.6) is 0 Å². The number of nitrogens with zero attached hydrogens (tertiary/aromatic N) is 1. The zero-order valence-electron chi connectivity index (χ0n) is 14.9. The molecule has 2 aromatic carbocycles. The van der Waals surface area contributed by atoms with Crippen molar-refractivity contribution in [2.45, 2.75) is 31.2 Å². The van der Waals surface area contributed by atoms with Crippen LogP contribution in [0.2, 0.25) is 0 Å². The lowest BCUT2D eigenvalue weighted by Crippen LogP contribution is -2.48. The molecule has 2 N–H and O–H groups in total. The summed E-state index contributed by atoms with van der Waals surface area (Å²) in [5, 5.41) is 3.18. The molecule has 1 saturated heterocycles. The van der Waals surface area contributed by atoms with Crippen LogP contribution in [0.25, 0.3) is 11.0 Å². The number of ether oxygens (including phenoxy) is 1. The van der Waals surface area contributed by atoms with Crippen molar-refractivity contribution in [3.63, 3.8) is 0 Å². The molecule has 0 radical (unpaired) electrons. The van der Waals surface area contributed by atoms with E-state index in [9.17, 15) is 4.79 Å². The zero-order chi connectivity index (χ0) is 18.0. The first-order valence-corrected chi connectivity index (χ1v) is 9.08. The highest BCUT2D eigenvalue weighted by molar-refractivity contribution is 5.88. The Kier molecular flexibility index (Phi) is 4.47. The van der Waals surface area contributed by atoms with Gasteiger partial charge in [-0.1, -0.05) is 42.5 Å². The summed E-state index contributed by atoms with van der Waals surface area (Å²) >= 11 is 0. The van der Waals surface area contributed by atoms with Crippen LogP contribution in [0.3, 0.4) is 0 Å². The van der Waals surface area contributed by atoms with Crippen LogP contribution in [-0.4, -0.2) is 29.1 Å². The maximum absolute atomic E-state index is 13.3. The fourth-order valence-corrected chi connectivity index (χ4v) is 3.70. The molecule has 2 heterocycles. The third-order valence-corrected chi connectivity index (χ3v) is 5.27. The van der Waals surface area contributed by atoms with Gasteiger partial charge in [0.15, 0.2) is 0 Å². The highest BCUT2D eigenvalue weighted by atomic mass is 16.5. The maximum atomic E-state index is 13.3. The lowest BCUT2D eigenvalue weighted by atomic mass is 9.73. The van der Waals surface area contributed by atoms with E-state index in [0.717, 1.165) is 22.4 Å². The summed E-state index contributed by atoms with van der Waals surface area (Å²) < 4.78 is 5.53. The minimum atomic E-state index is -0.542. The van der Waals surface area contributed by atoms with Crippen molar-refractivity contribution in [2.75, 3.05) is 13.2 Å². The van der Waals surface area contributed by atoms with Crippen molar-refractivity contribution in [3.8, 4) is 0 Å². The van der Waals surface area contributed by atoms with Crippen LogP contribution < -0.4 is 5.32 Å².